The maximum absolute atomic E-state index is 15.4. The standard InChI is InChI=1S/C19H20FN5O/c1-11-17(21)24-10-14(25-11)12-6-7-13(19(2,3)4)16(15(12)20)26-18-22-8-5-9-23-18/h5-10H,1-4H3,(H2,21,24). The van der Waals surface area contributed by atoms with Crippen LogP contribution in [0.5, 0.6) is 11.8 Å². The first-order valence-electron chi connectivity index (χ1n) is 8.14. The van der Waals surface area contributed by atoms with Crippen molar-refractivity contribution in [2.45, 2.75) is 33.1 Å². The van der Waals surface area contributed by atoms with Gasteiger partial charge in [-0.2, -0.15) is 0 Å². The number of benzene rings is 1. The number of rotatable bonds is 3. The zero-order valence-electron chi connectivity index (χ0n) is 15.1. The molecule has 0 fully saturated rings. The van der Waals surface area contributed by atoms with E-state index in [4.69, 9.17) is 10.5 Å². The van der Waals surface area contributed by atoms with Crippen molar-refractivity contribution in [2.24, 2.45) is 0 Å². The van der Waals surface area contributed by atoms with Crippen molar-refractivity contribution in [3.05, 3.63) is 53.9 Å². The van der Waals surface area contributed by atoms with Gasteiger partial charge in [-0.1, -0.05) is 26.8 Å². The molecule has 0 amide bonds. The van der Waals surface area contributed by atoms with E-state index in [1.54, 1.807) is 19.1 Å². The van der Waals surface area contributed by atoms with Gasteiger partial charge in [-0.05, 0) is 24.5 Å². The molecule has 0 aliphatic carbocycles. The Labute approximate surface area is 151 Å². The van der Waals surface area contributed by atoms with Gasteiger partial charge in [-0.25, -0.2) is 24.3 Å². The first-order chi connectivity index (χ1) is 12.3. The Morgan fingerprint density at radius 3 is 2.38 bits per heavy atom. The van der Waals surface area contributed by atoms with Crippen LogP contribution in [-0.2, 0) is 5.41 Å². The Morgan fingerprint density at radius 2 is 1.77 bits per heavy atom. The summed E-state index contributed by atoms with van der Waals surface area (Å²) in [7, 11) is 0. The second-order valence-corrected chi connectivity index (χ2v) is 6.91. The molecule has 0 spiro atoms. The Kier molecular flexibility index (Phi) is 4.54. The summed E-state index contributed by atoms with van der Waals surface area (Å²) in [6.07, 6.45) is 4.52. The van der Waals surface area contributed by atoms with Crippen LogP contribution >= 0.6 is 0 Å². The van der Waals surface area contributed by atoms with E-state index in [0.717, 1.165) is 0 Å². The quantitative estimate of drug-likeness (QED) is 0.764. The monoisotopic (exact) mass is 353 g/mol. The summed E-state index contributed by atoms with van der Waals surface area (Å²) in [6.45, 7) is 7.66. The van der Waals surface area contributed by atoms with E-state index in [1.165, 1.54) is 18.6 Å². The summed E-state index contributed by atoms with van der Waals surface area (Å²) in [6, 6.07) is 5.24. The average molecular weight is 353 g/mol. The molecule has 2 heterocycles. The van der Waals surface area contributed by atoms with Crippen molar-refractivity contribution >= 4 is 5.82 Å². The van der Waals surface area contributed by atoms with Crippen LogP contribution in [0.2, 0.25) is 0 Å². The van der Waals surface area contributed by atoms with Gasteiger partial charge in [0.05, 0.1) is 17.6 Å². The minimum absolute atomic E-state index is 0.0774. The van der Waals surface area contributed by atoms with Gasteiger partial charge in [-0.3, -0.25) is 0 Å². The molecule has 2 N–H and O–H groups in total. The lowest BCUT2D eigenvalue weighted by Crippen LogP contribution is -2.14. The molecule has 1 aromatic carbocycles. The van der Waals surface area contributed by atoms with E-state index in [2.05, 4.69) is 19.9 Å². The highest BCUT2D eigenvalue weighted by Gasteiger charge is 2.26. The lowest BCUT2D eigenvalue weighted by atomic mass is 9.85. The SMILES string of the molecule is Cc1nc(-c2ccc(C(C)(C)C)c(Oc3ncccn3)c2F)cnc1N. The van der Waals surface area contributed by atoms with Gasteiger partial charge >= 0.3 is 6.01 Å². The Bertz CT molecular complexity index is 939. The van der Waals surface area contributed by atoms with Crippen LogP contribution < -0.4 is 10.5 Å². The molecule has 0 aliphatic rings. The molecule has 0 saturated heterocycles. The molecule has 0 atom stereocenters. The molecule has 0 bridgehead atoms. The summed E-state index contributed by atoms with van der Waals surface area (Å²) in [5, 5.41) is 0. The van der Waals surface area contributed by atoms with E-state index in [0.29, 0.717) is 22.8 Å². The number of aryl methyl sites for hydroxylation is 1. The van der Waals surface area contributed by atoms with Crippen molar-refractivity contribution in [1.29, 1.82) is 0 Å². The first kappa shape index (κ1) is 17.7. The molecule has 3 rings (SSSR count). The highest BCUT2D eigenvalue weighted by Crippen LogP contribution is 2.39. The van der Waals surface area contributed by atoms with Crippen molar-refractivity contribution in [1.82, 2.24) is 19.9 Å². The van der Waals surface area contributed by atoms with Crippen LogP contribution in [0.4, 0.5) is 10.2 Å². The van der Waals surface area contributed by atoms with Crippen molar-refractivity contribution in [3.8, 4) is 23.0 Å². The minimum atomic E-state index is -0.539. The van der Waals surface area contributed by atoms with E-state index < -0.39 is 5.82 Å². The number of nitrogen functional groups attached to an aromatic ring is 1. The Balaban J connectivity index is 2.16. The number of nitrogens with zero attached hydrogens (tertiary/aromatic N) is 4. The number of ether oxygens (including phenoxy) is 1. The fraction of sp³-hybridized carbons (Fsp3) is 0.263. The first-order valence-corrected chi connectivity index (χ1v) is 8.14. The van der Waals surface area contributed by atoms with Crippen LogP contribution in [0.25, 0.3) is 11.3 Å². The lowest BCUT2D eigenvalue weighted by molar-refractivity contribution is 0.394. The predicted octanol–water partition coefficient (Wildman–Crippen LogP) is 4.05. The predicted molar refractivity (Wildman–Crippen MR) is 97.4 cm³/mol. The highest BCUT2D eigenvalue weighted by atomic mass is 19.1. The molecule has 134 valence electrons. The molecule has 2 aromatic heterocycles. The molecular weight excluding hydrogens is 333 g/mol. The number of halogens is 1. The summed E-state index contributed by atoms with van der Waals surface area (Å²) >= 11 is 0. The molecule has 0 radical (unpaired) electrons. The van der Waals surface area contributed by atoms with Crippen molar-refractivity contribution < 1.29 is 9.13 Å². The van der Waals surface area contributed by atoms with Gasteiger partial charge in [0.25, 0.3) is 0 Å². The van der Waals surface area contributed by atoms with Gasteiger partial charge in [0, 0.05) is 23.5 Å². The molecular formula is C19H20FN5O. The number of anilines is 1. The number of nitrogens with two attached hydrogens (primary N) is 1. The fourth-order valence-electron chi connectivity index (χ4n) is 2.49. The Morgan fingerprint density at radius 1 is 1.08 bits per heavy atom. The van der Waals surface area contributed by atoms with Crippen molar-refractivity contribution in [2.75, 3.05) is 5.73 Å². The van der Waals surface area contributed by atoms with Crippen LogP contribution in [0.1, 0.15) is 32.0 Å². The normalized spacial score (nSPS) is 11.4. The summed E-state index contributed by atoms with van der Waals surface area (Å²) < 4.78 is 21.1. The van der Waals surface area contributed by atoms with Gasteiger partial charge in [0.1, 0.15) is 5.82 Å². The molecule has 3 aromatic rings. The number of hydrogen-bond acceptors (Lipinski definition) is 6. The molecule has 7 heteroatoms. The van der Waals surface area contributed by atoms with E-state index in [1.807, 2.05) is 26.8 Å². The zero-order valence-corrected chi connectivity index (χ0v) is 15.1. The molecule has 0 aliphatic heterocycles. The van der Waals surface area contributed by atoms with Gasteiger partial charge in [-0.15, -0.1) is 0 Å². The summed E-state index contributed by atoms with van der Waals surface area (Å²) in [5.41, 5.74) is 7.27. The van der Waals surface area contributed by atoms with E-state index in [-0.39, 0.29) is 22.7 Å². The van der Waals surface area contributed by atoms with Crippen LogP contribution in [-0.4, -0.2) is 19.9 Å². The lowest BCUT2D eigenvalue weighted by Gasteiger charge is -2.23. The minimum Gasteiger partial charge on any atom is -0.421 e. The number of aromatic nitrogens is 4. The smallest absolute Gasteiger partial charge is 0.321 e. The fourth-order valence-corrected chi connectivity index (χ4v) is 2.49. The molecule has 0 saturated carbocycles. The highest BCUT2D eigenvalue weighted by molar-refractivity contribution is 5.65. The maximum Gasteiger partial charge on any atom is 0.321 e. The van der Waals surface area contributed by atoms with Crippen LogP contribution in [0.3, 0.4) is 0 Å². The second kappa shape index (κ2) is 6.67. The third kappa shape index (κ3) is 3.46. The van der Waals surface area contributed by atoms with Gasteiger partial charge < -0.3 is 10.5 Å². The molecule has 0 unspecified atom stereocenters. The largest absolute Gasteiger partial charge is 0.421 e. The topological polar surface area (TPSA) is 86.8 Å². The zero-order chi connectivity index (χ0) is 18.9. The second-order valence-electron chi connectivity index (χ2n) is 6.91. The molecule has 6 nitrogen and oxygen atoms in total. The van der Waals surface area contributed by atoms with Crippen LogP contribution in [0.15, 0.2) is 36.8 Å². The summed E-state index contributed by atoms with van der Waals surface area (Å²) in [5.74, 6) is -0.143. The van der Waals surface area contributed by atoms with E-state index in [9.17, 15) is 0 Å². The van der Waals surface area contributed by atoms with Crippen molar-refractivity contribution in [3.63, 3.8) is 0 Å². The Hall–Kier alpha value is -3.09. The molecule has 26 heavy (non-hydrogen) atoms. The summed E-state index contributed by atoms with van der Waals surface area (Å²) in [4.78, 5) is 16.4. The third-order valence-electron chi connectivity index (χ3n) is 3.90. The van der Waals surface area contributed by atoms with E-state index >= 15 is 4.39 Å². The maximum atomic E-state index is 15.4. The van der Waals surface area contributed by atoms with Gasteiger partial charge in [0.15, 0.2) is 11.6 Å². The van der Waals surface area contributed by atoms with Gasteiger partial charge in [0.2, 0.25) is 0 Å². The number of hydrogen-bond donors (Lipinski definition) is 1. The van der Waals surface area contributed by atoms with Crippen LogP contribution in [0, 0.1) is 12.7 Å². The average Bonchev–Trinajstić information content (AvgIpc) is 2.59. The third-order valence-corrected chi connectivity index (χ3v) is 3.90.